The van der Waals surface area contributed by atoms with Crippen LogP contribution in [0.15, 0.2) is 72.8 Å². The number of likely N-dealkylation sites (N-methyl/N-ethyl adjacent to an activating group) is 1. The molecule has 1 amide bonds. The van der Waals surface area contributed by atoms with Crippen molar-refractivity contribution in [2.75, 3.05) is 11.9 Å². The third-order valence-corrected chi connectivity index (χ3v) is 4.44. The van der Waals surface area contributed by atoms with Gasteiger partial charge < -0.3 is 10.2 Å². The van der Waals surface area contributed by atoms with E-state index in [1.807, 2.05) is 61.2 Å². The molecular weight excluding hydrogens is 308 g/mol. The lowest BCUT2D eigenvalue weighted by Gasteiger charge is -2.26. The Morgan fingerprint density at radius 3 is 2.40 bits per heavy atom. The number of carbonyl (C=O) groups is 1. The van der Waals surface area contributed by atoms with Gasteiger partial charge in [-0.3, -0.25) is 4.79 Å². The Morgan fingerprint density at radius 2 is 1.64 bits per heavy atom. The maximum Gasteiger partial charge on any atom is 0.245 e. The first-order valence-electron chi connectivity index (χ1n) is 8.76. The Morgan fingerprint density at radius 1 is 0.960 bits per heavy atom. The van der Waals surface area contributed by atoms with E-state index < -0.39 is 0 Å². The van der Waals surface area contributed by atoms with Gasteiger partial charge in [-0.2, -0.15) is 0 Å². The summed E-state index contributed by atoms with van der Waals surface area (Å²) in [6.45, 7) is 5.27. The first-order chi connectivity index (χ1) is 12.2. The monoisotopic (exact) mass is 332 g/mol. The Balaban J connectivity index is 1.74. The Labute approximate surface area is 149 Å². The predicted molar refractivity (Wildman–Crippen MR) is 105 cm³/mol. The summed E-state index contributed by atoms with van der Waals surface area (Å²) in [5.74, 6) is 0.110. The fraction of sp³-hybridized carbons (Fsp3) is 0.227. The quantitative estimate of drug-likeness (QED) is 0.710. The van der Waals surface area contributed by atoms with Crippen LogP contribution >= 0.6 is 0 Å². The zero-order valence-corrected chi connectivity index (χ0v) is 14.8. The molecule has 0 saturated carbocycles. The number of hydrogen-bond acceptors (Lipinski definition) is 2. The molecule has 1 N–H and O–H groups in total. The fourth-order valence-electron chi connectivity index (χ4n) is 3.07. The SMILES string of the molecule is CCN(Cc1ccccc1)C(=O)[C@@H](C)Nc1cccc2ccccc12. The number of nitrogens with one attached hydrogen (secondary N) is 1. The summed E-state index contributed by atoms with van der Waals surface area (Å²) in [5, 5.41) is 5.70. The van der Waals surface area contributed by atoms with Crippen molar-refractivity contribution >= 4 is 22.4 Å². The van der Waals surface area contributed by atoms with Gasteiger partial charge >= 0.3 is 0 Å². The highest BCUT2D eigenvalue weighted by atomic mass is 16.2. The average molecular weight is 332 g/mol. The van der Waals surface area contributed by atoms with Crippen molar-refractivity contribution in [3.8, 4) is 0 Å². The van der Waals surface area contributed by atoms with E-state index in [1.54, 1.807) is 0 Å². The van der Waals surface area contributed by atoms with E-state index in [0.29, 0.717) is 13.1 Å². The van der Waals surface area contributed by atoms with Crippen LogP contribution in [0.25, 0.3) is 10.8 Å². The summed E-state index contributed by atoms with van der Waals surface area (Å²) in [6.07, 6.45) is 0. The molecule has 3 heteroatoms. The van der Waals surface area contributed by atoms with Gasteiger partial charge in [0.25, 0.3) is 0 Å². The molecule has 0 spiro atoms. The van der Waals surface area contributed by atoms with Gasteiger partial charge in [0, 0.05) is 24.2 Å². The van der Waals surface area contributed by atoms with E-state index >= 15 is 0 Å². The van der Waals surface area contributed by atoms with Crippen LogP contribution in [0.4, 0.5) is 5.69 Å². The molecule has 0 saturated heterocycles. The molecule has 0 fully saturated rings. The molecule has 0 aliphatic heterocycles. The van der Waals surface area contributed by atoms with E-state index in [1.165, 1.54) is 5.39 Å². The molecule has 0 aromatic heterocycles. The van der Waals surface area contributed by atoms with Crippen molar-refractivity contribution < 1.29 is 4.79 Å². The van der Waals surface area contributed by atoms with Gasteiger partial charge in [-0.1, -0.05) is 66.7 Å². The lowest BCUT2D eigenvalue weighted by atomic mass is 10.1. The number of hydrogen-bond donors (Lipinski definition) is 1. The molecule has 0 aliphatic rings. The minimum Gasteiger partial charge on any atom is -0.373 e. The lowest BCUT2D eigenvalue weighted by molar-refractivity contribution is -0.132. The number of amides is 1. The van der Waals surface area contributed by atoms with Gasteiger partial charge in [-0.05, 0) is 30.9 Å². The molecule has 1 atom stereocenters. The normalized spacial score (nSPS) is 11.9. The molecule has 128 valence electrons. The minimum atomic E-state index is -0.283. The molecule has 0 radical (unpaired) electrons. The van der Waals surface area contributed by atoms with Crippen molar-refractivity contribution in [3.63, 3.8) is 0 Å². The first-order valence-corrected chi connectivity index (χ1v) is 8.76. The third-order valence-electron chi connectivity index (χ3n) is 4.44. The molecule has 0 unspecified atom stereocenters. The van der Waals surface area contributed by atoms with Crippen molar-refractivity contribution in [1.29, 1.82) is 0 Å². The number of fused-ring (bicyclic) bond motifs is 1. The third kappa shape index (κ3) is 4.00. The van der Waals surface area contributed by atoms with Crippen LogP contribution < -0.4 is 5.32 Å². The van der Waals surface area contributed by atoms with E-state index in [0.717, 1.165) is 16.6 Å². The van der Waals surface area contributed by atoms with Crippen LogP contribution in [0.5, 0.6) is 0 Å². The Bertz CT molecular complexity index is 840. The van der Waals surface area contributed by atoms with Gasteiger partial charge in [0.2, 0.25) is 5.91 Å². The molecule has 0 heterocycles. The van der Waals surface area contributed by atoms with Crippen LogP contribution in [0.1, 0.15) is 19.4 Å². The molecule has 0 bridgehead atoms. The summed E-state index contributed by atoms with van der Waals surface area (Å²) in [4.78, 5) is 14.8. The van der Waals surface area contributed by atoms with Gasteiger partial charge in [0.05, 0.1) is 0 Å². The molecule has 25 heavy (non-hydrogen) atoms. The second-order valence-corrected chi connectivity index (χ2v) is 6.23. The van der Waals surface area contributed by atoms with E-state index in [4.69, 9.17) is 0 Å². The molecule has 3 aromatic rings. The summed E-state index contributed by atoms with van der Waals surface area (Å²) in [7, 11) is 0. The fourth-order valence-corrected chi connectivity index (χ4v) is 3.07. The van der Waals surface area contributed by atoms with Gasteiger partial charge in [0.15, 0.2) is 0 Å². The van der Waals surface area contributed by atoms with Gasteiger partial charge in [-0.25, -0.2) is 0 Å². The van der Waals surface area contributed by atoms with Gasteiger partial charge in [-0.15, -0.1) is 0 Å². The largest absolute Gasteiger partial charge is 0.373 e. The maximum atomic E-state index is 12.9. The predicted octanol–water partition coefficient (Wildman–Crippen LogP) is 4.69. The van der Waals surface area contributed by atoms with Crippen molar-refractivity contribution in [2.24, 2.45) is 0 Å². The van der Waals surface area contributed by atoms with Crippen LogP contribution in [0.2, 0.25) is 0 Å². The Hall–Kier alpha value is -2.81. The highest BCUT2D eigenvalue weighted by Crippen LogP contribution is 2.24. The lowest BCUT2D eigenvalue weighted by Crippen LogP contribution is -2.40. The smallest absolute Gasteiger partial charge is 0.245 e. The Kier molecular flexibility index (Phi) is 5.34. The highest BCUT2D eigenvalue weighted by molar-refractivity contribution is 5.95. The standard InChI is InChI=1S/C22H24N2O/c1-3-24(16-18-10-5-4-6-11-18)22(25)17(2)23-21-15-9-13-19-12-7-8-14-20(19)21/h4-15,17,23H,3,16H2,1-2H3/t17-/m1/s1. The number of carbonyl (C=O) groups excluding carboxylic acids is 1. The minimum absolute atomic E-state index is 0.110. The summed E-state index contributed by atoms with van der Waals surface area (Å²) < 4.78 is 0. The highest BCUT2D eigenvalue weighted by Gasteiger charge is 2.20. The maximum absolute atomic E-state index is 12.9. The number of nitrogens with zero attached hydrogens (tertiary/aromatic N) is 1. The topological polar surface area (TPSA) is 32.3 Å². The average Bonchev–Trinajstić information content (AvgIpc) is 2.66. The summed E-state index contributed by atoms with van der Waals surface area (Å²) >= 11 is 0. The number of benzene rings is 3. The molecule has 0 aliphatic carbocycles. The number of anilines is 1. The number of rotatable bonds is 6. The van der Waals surface area contributed by atoms with E-state index in [9.17, 15) is 4.79 Å². The zero-order chi connectivity index (χ0) is 17.6. The van der Waals surface area contributed by atoms with E-state index in [2.05, 4.69) is 35.6 Å². The van der Waals surface area contributed by atoms with Gasteiger partial charge in [0.1, 0.15) is 6.04 Å². The summed E-state index contributed by atoms with van der Waals surface area (Å²) in [6, 6.07) is 24.2. The van der Waals surface area contributed by atoms with Crippen molar-refractivity contribution in [1.82, 2.24) is 4.90 Å². The van der Waals surface area contributed by atoms with E-state index in [-0.39, 0.29) is 11.9 Å². The molecule has 3 aromatic carbocycles. The zero-order valence-electron chi connectivity index (χ0n) is 14.8. The second-order valence-electron chi connectivity index (χ2n) is 6.23. The summed E-state index contributed by atoms with van der Waals surface area (Å²) in [5.41, 5.74) is 2.14. The van der Waals surface area contributed by atoms with Crippen LogP contribution in [-0.2, 0) is 11.3 Å². The van der Waals surface area contributed by atoms with Crippen LogP contribution in [-0.4, -0.2) is 23.4 Å². The van der Waals surface area contributed by atoms with Crippen LogP contribution in [0.3, 0.4) is 0 Å². The first kappa shape index (κ1) is 17.0. The second kappa shape index (κ2) is 7.84. The molecule has 3 rings (SSSR count). The molecular formula is C22H24N2O. The van der Waals surface area contributed by atoms with Crippen molar-refractivity contribution in [3.05, 3.63) is 78.4 Å². The molecule has 3 nitrogen and oxygen atoms in total. The van der Waals surface area contributed by atoms with Crippen LogP contribution in [0, 0.1) is 0 Å². The van der Waals surface area contributed by atoms with Crippen molar-refractivity contribution in [2.45, 2.75) is 26.4 Å².